The molecular weight excluding hydrogens is 294 g/mol. The lowest BCUT2D eigenvalue weighted by molar-refractivity contribution is 0.0854. The lowest BCUT2D eigenvalue weighted by atomic mass is 9.90. The minimum absolute atomic E-state index is 0.180. The molecule has 3 aromatic rings. The Hall–Kier alpha value is -3.35. The van der Waals surface area contributed by atoms with E-state index in [2.05, 4.69) is 31.2 Å². The van der Waals surface area contributed by atoms with Gasteiger partial charge in [0.2, 0.25) is 0 Å². The standard InChI is InChI=1S/C16H10N5O2/c22-15(11-7-18-10-19-8-11)14(13-9-17-5-6-21-13)16(23)12-3-1-2-4-20-12/h1-9,14H. The van der Waals surface area contributed by atoms with Crippen molar-refractivity contribution in [2.45, 2.75) is 5.92 Å². The molecule has 7 nitrogen and oxygen atoms in total. The van der Waals surface area contributed by atoms with Crippen molar-refractivity contribution in [1.29, 1.82) is 0 Å². The Labute approximate surface area is 131 Å². The van der Waals surface area contributed by atoms with Crippen LogP contribution in [-0.4, -0.2) is 36.5 Å². The molecule has 0 spiro atoms. The number of hydrogen-bond acceptors (Lipinski definition) is 7. The van der Waals surface area contributed by atoms with E-state index < -0.39 is 17.5 Å². The van der Waals surface area contributed by atoms with E-state index in [4.69, 9.17) is 0 Å². The highest BCUT2D eigenvalue weighted by molar-refractivity contribution is 6.19. The summed E-state index contributed by atoms with van der Waals surface area (Å²) in [5.41, 5.74) is 0.629. The summed E-state index contributed by atoms with van der Waals surface area (Å²) in [7, 11) is 0. The highest BCUT2D eigenvalue weighted by Gasteiger charge is 2.32. The number of Topliss-reactive ketones (excluding diaryl/α,β-unsaturated/α-hetero) is 2. The maximum Gasteiger partial charge on any atom is 0.198 e. The molecule has 23 heavy (non-hydrogen) atoms. The molecule has 0 aliphatic rings. The van der Waals surface area contributed by atoms with E-state index in [1.165, 1.54) is 37.2 Å². The monoisotopic (exact) mass is 304 g/mol. The van der Waals surface area contributed by atoms with Crippen molar-refractivity contribution < 1.29 is 9.59 Å². The van der Waals surface area contributed by atoms with Crippen molar-refractivity contribution in [2.24, 2.45) is 0 Å². The van der Waals surface area contributed by atoms with Crippen LogP contribution in [-0.2, 0) is 0 Å². The fraction of sp³-hybridized carbons (Fsp3) is 0.0625. The van der Waals surface area contributed by atoms with Crippen LogP contribution in [0.25, 0.3) is 0 Å². The number of pyridine rings is 1. The van der Waals surface area contributed by atoms with Gasteiger partial charge in [-0.05, 0) is 12.1 Å². The first-order valence-corrected chi connectivity index (χ1v) is 6.71. The zero-order valence-electron chi connectivity index (χ0n) is 11.8. The molecule has 0 saturated carbocycles. The lowest BCUT2D eigenvalue weighted by Crippen LogP contribution is -2.24. The summed E-state index contributed by atoms with van der Waals surface area (Å²) in [6.07, 6.45) is 10.7. The van der Waals surface area contributed by atoms with Crippen molar-refractivity contribution in [3.05, 3.63) is 78.7 Å². The molecule has 7 heteroatoms. The van der Waals surface area contributed by atoms with Crippen LogP contribution in [0.4, 0.5) is 0 Å². The van der Waals surface area contributed by atoms with E-state index >= 15 is 0 Å². The van der Waals surface area contributed by atoms with Gasteiger partial charge in [-0.3, -0.25) is 24.5 Å². The fourth-order valence-electron chi connectivity index (χ4n) is 2.06. The van der Waals surface area contributed by atoms with Crippen molar-refractivity contribution in [2.75, 3.05) is 0 Å². The van der Waals surface area contributed by atoms with Gasteiger partial charge in [-0.15, -0.1) is 0 Å². The quantitative estimate of drug-likeness (QED) is 0.517. The lowest BCUT2D eigenvalue weighted by Gasteiger charge is -2.13. The first-order chi connectivity index (χ1) is 11.3. The number of nitrogens with zero attached hydrogens (tertiary/aromatic N) is 5. The van der Waals surface area contributed by atoms with Gasteiger partial charge in [-0.1, -0.05) is 6.07 Å². The summed E-state index contributed by atoms with van der Waals surface area (Å²) >= 11 is 0. The topological polar surface area (TPSA) is 98.6 Å². The zero-order valence-corrected chi connectivity index (χ0v) is 11.8. The number of ketones is 2. The Kier molecular flexibility index (Phi) is 4.19. The molecular formula is C16H10N5O2. The molecule has 0 bridgehead atoms. The second-order valence-electron chi connectivity index (χ2n) is 4.58. The van der Waals surface area contributed by atoms with Crippen LogP contribution < -0.4 is 0 Å². The largest absolute Gasteiger partial charge is 0.293 e. The molecule has 0 fully saturated rings. The minimum Gasteiger partial charge on any atom is -0.293 e. The fourth-order valence-corrected chi connectivity index (χ4v) is 2.06. The van der Waals surface area contributed by atoms with Gasteiger partial charge >= 0.3 is 0 Å². The molecule has 0 amide bonds. The summed E-state index contributed by atoms with van der Waals surface area (Å²) in [5, 5.41) is 0. The van der Waals surface area contributed by atoms with Crippen LogP contribution in [0, 0.1) is 6.33 Å². The van der Waals surface area contributed by atoms with E-state index in [0.29, 0.717) is 0 Å². The second kappa shape index (κ2) is 6.61. The first-order valence-electron chi connectivity index (χ1n) is 6.71. The summed E-state index contributed by atoms with van der Waals surface area (Å²) in [6.45, 7) is 0. The van der Waals surface area contributed by atoms with Crippen LogP contribution in [0.1, 0.15) is 32.5 Å². The second-order valence-corrected chi connectivity index (χ2v) is 4.58. The van der Waals surface area contributed by atoms with Gasteiger partial charge in [-0.25, -0.2) is 9.97 Å². The number of rotatable bonds is 5. The van der Waals surface area contributed by atoms with E-state index in [-0.39, 0.29) is 17.0 Å². The number of carbonyl (C=O) groups is 2. The molecule has 0 aliphatic carbocycles. The molecule has 1 radical (unpaired) electrons. The summed E-state index contributed by atoms with van der Waals surface area (Å²) in [6, 6.07) is 4.92. The van der Waals surface area contributed by atoms with Crippen molar-refractivity contribution >= 4 is 11.6 Å². The average molecular weight is 304 g/mol. The molecule has 0 N–H and O–H groups in total. The molecule has 0 aromatic carbocycles. The molecule has 111 valence electrons. The maximum atomic E-state index is 12.8. The molecule has 3 heterocycles. The zero-order chi connectivity index (χ0) is 16.1. The summed E-state index contributed by atoms with van der Waals surface area (Å²) < 4.78 is 0. The van der Waals surface area contributed by atoms with Gasteiger partial charge in [0.1, 0.15) is 11.6 Å². The van der Waals surface area contributed by atoms with Gasteiger partial charge in [0.15, 0.2) is 17.9 Å². The third kappa shape index (κ3) is 3.13. The Bertz CT molecular complexity index is 758. The average Bonchev–Trinajstić information content (AvgIpc) is 2.64. The molecule has 1 atom stereocenters. The van der Waals surface area contributed by atoms with Crippen LogP contribution in [0.2, 0.25) is 0 Å². The van der Waals surface area contributed by atoms with E-state index in [0.717, 1.165) is 0 Å². The van der Waals surface area contributed by atoms with Gasteiger partial charge in [0.25, 0.3) is 0 Å². The SMILES string of the molecule is O=C(c1cn[c]nc1)C(C(=O)c1ccccn1)c1cnccn1. The molecule has 0 saturated heterocycles. The normalized spacial score (nSPS) is 11.7. The predicted molar refractivity (Wildman–Crippen MR) is 78.5 cm³/mol. The Morgan fingerprint density at radius 3 is 2.39 bits per heavy atom. The number of aromatic nitrogens is 5. The molecule has 0 aliphatic heterocycles. The molecule has 1 unspecified atom stereocenters. The van der Waals surface area contributed by atoms with Gasteiger partial charge in [-0.2, -0.15) is 0 Å². The smallest absolute Gasteiger partial charge is 0.198 e. The maximum absolute atomic E-state index is 12.8. The van der Waals surface area contributed by atoms with Gasteiger partial charge in [0.05, 0.1) is 11.3 Å². The Balaban J connectivity index is 2.05. The van der Waals surface area contributed by atoms with E-state index in [1.54, 1.807) is 18.2 Å². The van der Waals surface area contributed by atoms with Crippen LogP contribution in [0.15, 0.2) is 55.4 Å². The van der Waals surface area contributed by atoms with Crippen LogP contribution in [0.5, 0.6) is 0 Å². The van der Waals surface area contributed by atoms with Gasteiger partial charge < -0.3 is 0 Å². The summed E-state index contributed by atoms with van der Waals surface area (Å²) in [5.74, 6) is -2.07. The molecule has 3 aromatic heterocycles. The third-order valence-electron chi connectivity index (χ3n) is 3.13. The van der Waals surface area contributed by atoms with Crippen molar-refractivity contribution in [1.82, 2.24) is 24.9 Å². The number of hydrogen-bond donors (Lipinski definition) is 0. The minimum atomic E-state index is -1.15. The third-order valence-corrected chi connectivity index (χ3v) is 3.13. The Morgan fingerprint density at radius 2 is 1.74 bits per heavy atom. The van der Waals surface area contributed by atoms with Crippen molar-refractivity contribution in [3.8, 4) is 0 Å². The Morgan fingerprint density at radius 1 is 0.913 bits per heavy atom. The molecule has 3 rings (SSSR count). The van der Waals surface area contributed by atoms with Gasteiger partial charge in [0, 0.05) is 37.2 Å². The van der Waals surface area contributed by atoms with Crippen molar-refractivity contribution in [3.63, 3.8) is 0 Å². The van der Waals surface area contributed by atoms with E-state index in [9.17, 15) is 9.59 Å². The van der Waals surface area contributed by atoms with E-state index in [1.807, 2.05) is 0 Å². The highest BCUT2D eigenvalue weighted by atomic mass is 16.2. The van der Waals surface area contributed by atoms with Crippen LogP contribution in [0.3, 0.4) is 0 Å². The number of carbonyl (C=O) groups excluding carboxylic acids is 2. The highest BCUT2D eigenvalue weighted by Crippen LogP contribution is 2.22. The predicted octanol–water partition coefficient (Wildman–Crippen LogP) is 1.31. The van der Waals surface area contributed by atoms with Crippen LogP contribution >= 0.6 is 0 Å². The summed E-state index contributed by atoms with van der Waals surface area (Å²) in [4.78, 5) is 44.9. The first kappa shape index (κ1) is 14.6.